The van der Waals surface area contributed by atoms with Crippen LogP contribution in [0.2, 0.25) is 0 Å². The van der Waals surface area contributed by atoms with Crippen molar-refractivity contribution in [2.24, 2.45) is 11.3 Å². The molecular formula is C20H28N2O3S. The van der Waals surface area contributed by atoms with E-state index in [0.717, 1.165) is 45.4 Å². The van der Waals surface area contributed by atoms with Gasteiger partial charge in [0.1, 0.15) is 0 Å². The Balaban J connectivity index is 1.27. The highest BCUT2D eigenvalue weighted by molar-refractivity contribution is 7.07. The molecule has 26 heavy (non-hydrogen) atoms. The van der Waals surface area contributed by atoms with Crippen molar-refractivity contribution in [1.82, 2.24) is 9.80 Å². The molecule has 2 atom stereocenters. The lowest BCUT2D eigenvalue weighted by molar-refractivity contribution is -0.141. The predicted octanol–water partition coefficient (Wildman–Crippen LogP) is 2.90. The summed E-state index contributed by atoms with van der Waals surface area (Å²) in [6, 6.07) is 2.53. The summed E-state index contributed by atoms with van der Waals surface area (Å²) in [6.07, 6.45) is 5.29. The second-order valence-corrected chi connectivity index (χ2v) is 8.92. The molecule has 1 aromatic heterocycles. The summed E-state index contributed by atoms with van der Waals surface area (Å²) in [4.78, 5) is 28.4. The van der Waals surface area contributed by atoms with Crippen molar-refractivity contribution >= 4 is 23.2 Å². The van der Waals surface area contributed by atoms with Gasteiger partial charge in [-0.25, -0.2) is 0 Å². The maximum absolute atomic E-state index is 12.2. The zero-order valence-electron chi connectivity index (χ0n) is 15.5. The lowest BCUT2D eigenvalue weighted by atomic mass is 9.91. The average molecular weight is 377 g/mol. The van der Waals surface area contributed by atoms with Gasteiger partial charge in [-0.2, -0.15) is 11.3 Å². The zero-order chi connectivity index (χ0) is 18.1. The summed E-state index contributed by atoms with van der Waals surface area (Å²) < 4.78 is 5.06. The first kappa shape index (κ1) is 18.0. The highest BCUT2D eigenvalue weighted by atomic mass is 32.1. The van der Waals surface area contributed by atoms with Crippen LogP contribution in [-0.4, -0.2) is 54.0 Å². The van der Waals surface area contributed by atoms with Gasteiger partial charge in [-0.15, -0.1) is 0 Å². The molecule has 2 aliphatic heterocycles. The molecule has 3 heterocycles. The first-order chi connectivity index (χ1) is 12.6. The molecule has 142 valence electrons. The van der Waals surface area contributed by atoms with Gasteiger partial charge >= 0.3 is 5.97 Å². The molecule has 3 fully saturated rings. The molecule has 0 aromatic carbocycles. The van der Waals surface area contributed by atoms with Gasteiger partial charge in [-0.1, -0.05) is 0 Å². The van der Waals surface area contributed by atoms with Crippen LogP contribution < -0.4 is 0 Å². The fourth-order valence-corrected chi connectivity index (χ4v) is 5.34. The standard InChI is InChI=1S/C20H28N2O3S/c1-15(23)22(13-16-4-11-26-14-16)18-12-20(18)5-8-21(9-6-20)7-2-17-3-10-25-19(17)24/h4,11,14,17-18H,2-3,5-10,12-13H2,1H3. The van der Waals surface area contributed by atoms with Crippen LogP contribution in [0.15, 0.2) is 16.8 Å². The number of hydrogen-bond acceptors (Lipinski definition) is 5. The van der Waals surface area contributed by atoms with Crippen molar-refractivity contribution in [3.63, 3.8) is 0 Å². The molecule has 1 spiro atoms. The van der Waals surface area contributed by atoms with Crippen molar-refractivity contribution in [2.45, 2.75) is 51.6 Å². The first-order valence-corrected chi connectivity index (χ1v) is 10.7. The van der Waals surface area contributed by atoms with Crippen LogP contribution in [0.4, 0.5) is 0 Å². The van der Waals surface area contributed by atoms with Crippen LogP contribution in [0.1, 0.15) is 44.6 Å². The smallest absolute Gasteiger partial charge is 0.309 e. The Hall–Kier alpha value is -1.40. The molecular weight excluding hydrogens is 348 g/mol. The minimum absolute atomic E-state index is 0.00809. The van der Waals surface area contributed by atoms with Gasteiger partial charge in [0.2, 0.25) is 5.91 Å². The Morgan fingerprint density at radius 1 is 1.42 bits per heavy atom. The molecule has 1 aromatic rings. The van der Waals surface area contributed by atoms with Gasteiger partial charge in [-0.05, 0) is 79.5 Å². The van der Waals surface area contributed by atoms with Crippen molar-refractivity contribution in [3.05, 3.63) is 22.4 Å². The maximum atomic E-state index is 12.2. The molecule has 3 aliphatic rings. The van der Waals surface area contributed by atoms with Crippen LogP contribution in [0, 0.1) is 11.3 Å². The third kappa shape index (κ3) is 3.67. The van der Waals surface area contributed by atoms with E-state index in [1.165, 1.54) is 18.4 Å². The fraction of sp³-hybridized carbons (Fsp3) is 0.700. The van der Waals surface area contributed by atoms with E-state index in [2.05, 4.69) is 26.6 Å². The number of carbonyl (C=O) groups excluding carboxylic acids is 2. The lowest BCUT2D eigenvalue weighted by Crippen LogP contribution is -2.40. The molecule has 2 unspecified atom stereocenters. The molecule has 1 saturated carbocycles. The molecule has 2 saturated heterocycles. The quantitative estimate of drug-likeness (QED) is 0.717. The molecule has 5 nitrogen and oxygen atoms in total. The van der Waals surface area contributed by atoms with E-state index in [-0.39, 0.29) is 17.8 Å². The van der Waals surface area contributed by atoms with Crippen molar-refractivity contribution in [1.29, 1.82) is 0 Å². The minimum atomic E-state index is -0.00809. The third-order valence-electron chi connectivity index (χ3n) is 6.55. The van der Waals surface area contributed by atoms with Gasteiger partial charge in [0.05, 0.1) is 12.5 Å². The minimum Gasteiger partial charge on any atom is -0.465 e. The summed E-state index contributed by atoms with van der Waals surface area (Å²) in [5.41, 5.74) is 1.58. The maximum Gasteiger partial charge on any atom is 0.309 e. The van der Waals surface area contributed by atoms with Crippen LogP contribution in [-0.2, 0) is 20.9 Å². The second-order valence-electron chi connectivity index (χ2n) is 8.14. The van der Waals surface area contributed by atoms with E-state index in [0.29, 0.717) is 18.1 Å². The summed E-state index contributed by atoms with van der Waals surface area (Å²) in [5.74, 6) is 0.296. The van der Waals surface area contributed by atoms with Gasteiger partial charge in [-0.3, -0.25) is 9.59 Å². The van der Waals surface area contributed by atoms with E-state index in [1.807, 2.05) is 0 Å². The highest BCUT2D eigenvalue weighted by Crippen LogP contribution is 2.57. The molecule has 1 amide bonds. The Bertz CT molecular complexity index is 652. The molecule has 0 radical (unpaired) electrons. The van der Waals surface area contributed by atoms with Gasteiger partial charge < -0.3 is 14.5 Å². The topological polar surface area (TPSA) is 49.9 Å². The van der Waals surface area contributed by atoms with E-state index < -0.39 is 0 Å². The fourth-order valence-electron chi connectivity index (χ4n) is 4.68. The van der Waals surface area contributed by atoms with E-state index >= 15 is 0 Å². The number of thiophene rings is 1. The Morgan fingerprint density at radius 2 is 2.23 bits per heavy atom. The number of piperidine rings is 1. The van der Waals surface area contributed by atoms with Gasteiger partial charge in [0.15, 0.2) is 0 Å². The van der Waals surface area contributed by atoms with Crippen molar-refractivity contribution in [3.8, 4) is 0 Å². The number of amides is 1. The Labute approximate surface area is 159 Å². The number of carbonyl (C=O) groups is 2. The molecule has 1 aliphatic carbocycles. The molecule has 6 heteroatoms. The summed E-state index contributed by atoms with van der Waals surface area (Å²) in [7, 11) is 0. The lowest BCUT2D eigenvalue weighted by Gasteiger charge is -2.35. The molecule has 0 bridgehead atoms. The first-order valence-electron chi connectivity index (χ1n) is 9.75. The largest absolute Gasteiger partial charge is 0.465 e. The van der Waals surface area contributed by atoms with Crippen molar-refractivity contribution < 1.29 is 14.3 Å². The van der Waals surface area contributed by atoms with E-state index in [9.17, 15) is 9.59 Å². The van der Waals surface area contributed by atoms with Gasteiger partial charge in [0, 0.05) is 19.5 Å². The number of hydrogen-bond donors (Lipinski definition) is 0. The predicted molar refractivity (Wildman–Crippen MR) is 101 cm³/mol. The number of rotatable bonds is 6. The average Bonchev–Trinajstić information content (AvgIpc) is 2.98. The highest BCUT2D eigenvalue weighted by Gasteiger charge is 2.58. The summed E-state index contributed by atoms with van der Waals surface area (Å²) in [6.45, 7) is 6.21. The summed E-state index contributed by atoms with van der Waals surface area (Å²) >= 11 is 1.69. The van der Waals surface area contributed by atoms with E-state index in [1.54, 1.807) is 18.3 Å². The second kappa shape index (κ2) is 7.31. The monoisotopic (exact) mass is 376 g/mol. The number of cyclic esters (lactones) is 1. The molecule has 0 N–H and O–H groups in total. The third-order valence-corrected chi connectivity index (χ3v) is 7.28. The number of likely N-dealkylation sites (tertiary alicyclic amines) is 1. The van der Waals surface area contributed by atoms with Crippen LogP contribution in [0.3, 0.4) is 0 Å². The number of esters is 1. The normalized spacial score (nSPS) is 27.5. The van der Waals surface area contributed by atoms with E-state index in [4.69, 9.17) is 4.74 Å². The Kier molecular flexibility index (Phi) is 5.06. The van der Waals surface area contributed by atoms with Crippen LogP contribution in [0.5, 0.6) is 0 Å². The van der Waals surface area contributed by atoms with Gasteiger partial charge in [0.25, 0.3) is 0 Å². The number of nitrogens with zero attached hydrogens (tertiary/aromatic N) is 2. The summed E-state index contributed by atoms with van der Waals surface area (Å²) in [5, 5.41) is 4.22. The number of ether oxygens (including phenoxy) is 1. The van der Waals surface area contributed by atoms with Crippen LogP contribution in [0.25, 0.3) is 0 Å². The van der Waals surface area contributed by atoms with Crippen LogP contribution >= 0.6 is 11.3 Å². The molecule has 4 rings (SSSR count). The Morgan fingerprint density at radius 3 is 2.85 bits per heavy atom. The van der Waals surface area contributed by atoms with Crippen molar-refractivity contribution in [2.75, 3.05) is 26.2 Å². The zero-order valence-corrected chi connectivity index (χ0v) is 16.3. The SMILES string of the molecule is CC(=O)N(Cc1ccsc1)C1CC12CCN(CCC1CCOC1=O)CC2.